The van der Waals surface area contributed by atoms with E-state index in [-0.39, 0.29) is 18.9 Å². The van der Waals surface area contributed by atoms with Gasteiger partial charge in [0.2, 0.25) is 5.91 Å². The third-order valence-corrected chi connectivity index (χ3v) is 4.44. The molecular weight excluding hydrogens is 328 g/mol. The van der Waals surface area contributed by atoms with Crippen molar-refractivity contribution in [2.24, 2.45) is 0 Å². The fourth-order valence-electron chi connectivity index (χ4n) is 3.14. The maximum absolute atomic E-state index is 13.5. The van der Waals surface area contributed by atoms with E-state index in [1.165, 1.54) is 11.0 Å². The Morgan fingerprint density at radius 2 is 1.92 bits per heavy atom. The van der Waals surface area contributed by atoms with E-state index in [0.29, 0.717) is 17.7 Å². The molecule has 1 N–H and O–H groups in total. The number of ether oxygens (including phenoxy) is 1. The van der Waals surface area contributed by atoms with Gasteiger partial charge in [0.15, 0.2) is 11.6 Å². The first-order chi connectivity index (χ1) is 12.0. The van der Waals surface area contributed by atoms with E-state index >= 15 is 0 Å². The van der Waals surface area contributed by atoms with Gasteiger partial charge in [-0.05, 0) is 41.8 Å². The molecule has 0 radical (unpaired) electrons. The zero-order valence-corrected chi connectivity index (χ0v) is 13.8. The van der Waals surface area contributed by atoms with Crippen LogP contribution in [0.15, 0.2) is 42.5 Å². The average molecular weight is 347 g/mol. The van der Waals surface area contributed by atoms with Gasteiger partial charge in [-0.25, -0.2) is 8.78 Å². The van der Waals surface area contributed by atoms with E-state index in [9.17, 15) is 18.7 Å². The summed E-state index contributed by atoms with van der Waals surface area (Å²) in [5, 5.41) is 9.96. The molecule has 4 nitrogen and oxygen atoms in total. The van der Waals surface area contributed by atoms with Crippen molar-refractivity contribution in [1.29, 1.82) is 0 Å². The van der Waals surface area contributed by atoms with Crippen LogP contribution in [0.25, 0.3) is 0 Å². The molecule has 0 saturated carbocycles. The van der Waals surface area contributed by atoms with Crippen molar-refractivity contribution in [2.45, 2.75) is 25.0 Å². The summed E-state index contributed by atoms with van der Waals surface area (Å²) >= 11 is 0. The third-order valence-electron chi connectivity index (χ3n) is 4.44. The van der Waals surface area contributed by atoms with Crippen LogP contribution in [0, 0.1) is 11.6 Å². The van der Waals surface area contributed by atoms with E-state index in [2.05, 4.69) is 0 Å². The lowest BCUT2D eigenvalue weighted by Crippen LogP contribution is -2.33. The van der Waals surface area contributed by atoms with E-state index in [1.807, 2.05) is 0 Å². The predicted octanol–water partition coefficient (Wildman–Crippen LogP) is 2.85. The summed E-state index contributed by atoms with van der Waals surface area (Å²) in [6, 6.07) is 10.3. The number of likely N-dealkylation sites (tertiary alicyclic amines) is 1. The molecule has 3 rings (SSSR count). The van der Waals surface area contributed by atoms with Crippen LogP contribution in [0.4, 0.5) is 8.78 Å². The lowest BCUT2D eigenvalue weighted by atomic mass is 10.0. The van der Waals surface area contributed by atoms with Crippen LogP contribution in [0.3, 0.4) is 0 Å². The number of hydrogen-bond acceptors (Lipinski definition) is 3. The Balaban J connectivity index is 1.78. The summed E-state index contributed by atoms with van der Waals surface area (Å²) in [6.07, 6.45) is -0.214. The van der Waals surface area contributed by atoms with Gasteiger partial charge in [0, 0.05) is 6.54 Å². The second-order valence-electron chi connectivity index (χ2n) is 6.15. The first-order valence-electron chi connectivity index (χ1n) is 8.03. The largest absolute Gasteiger partial charge is 0.497 e. The number of rotatable bonds is 4. The number of halogens is 2. The highest BCUT2D eigenvalue weighted by molar-refractivity contribution is 5.79. The second kappa shape index (κ2) is 7.19. The molecule has 2 aromatic carbocycles. The normalized spacial score (nSPS) is 19.9. The molecule has 0 spiro atoms. The first-order valence-corrected chi connectivity index (χ1v) is 8.03. The van der Waals surface area contributed by atoms with Crippen molar-refractivity contribution in [3.05, 3.63) is 65.2 Å². The van der Waals surface area contributed by atoms with Crippen LogP contribution in [0.5, 0.6) is 5.75 Å². The quantitative estimate of drug-likeness (QED) is 0.925. The van der Waals surface area contributed by atoms with Gasteiger partial charge in [-0.3, -0.25) is 4.79 Å². The molecule has 6 heteroatoms. The minimum absolute atomic E-state index is 0.164. The monoisotopic (exact) mass is 347 g/mol. The summed E-state index contributed by atoms with van der Waals surface area (Å²) in [5.74, 6) is -1.36. The Labute approximate surface area is 144 Å². The van der Waals surface area contributed by atoms with E-state index < -0.39 is 23.8 Å². The molecule has 1 aliphatic heterocycles. The van der Waals surface area contributed by atoms with Crippen molar-refractivity contribution >= 4 is 5.91 Å². The molecule has 0 aromatic heterocycles. The second-order valence-corrected chi connectivity index (χ2v) is 6.15. The van der Waals surface area contributed by atoms with Crippen LogP contribution in [0.2, 0.25) is 0 Å². The maximum atomic E-state index is 13.5. The molecule has 25 heavy (non-hydrogen) atoms. The Kier molecular flexibility index (Phi) is 4.99. The SMILES string of the molecule is COc1ccc(CC(=O)N2C[C@@H](O)C[C@H]2c2ccc(F)c(F)c2)cc1. The molecule has 1 fully saturated rings. The van der Waals surface area contributed by atoms with E-state index in [1.54, 1.807) is 31.4 Å². The highest BCUT2D eigenvalue weighted by Crippen LogP contribution is 2.33. The Hall–Kier alpha value is -2.47. The number of carbonyl (C=O) groups is 1. The van der Waals surface area contributed by atoms with Crippen molar-refractivity contribution in [2.75, 3.05) is 13.7 Å². The van der Waals surface area contributed by atoms with Gasteiger partial charge in [-0.15, -0.1) is 0 Å². The van der Waals surface area contributed by atoms with Crippen molar-refractivity contribution in [1.82, 2.24) is 4.90 Å². The summed E-state index contributed by atoms with van der Waals surface area (Å²) in [5.41, 5.74) is 1.30. The number of β-amino-alcohol motifs (C(OH)–C–C–N with tert-alkyl or cyclic N) is 1. The summed E-state index contributed by atoms with van der Waals surface area (Å²) in [6.45, 7) is 0.179. The Morgan fingerprint density at radius 1 is 1.20 bits per heavy atom. The van der Waals surface area contributed by atoms with Crippen LogP contribution in [-0.4, -0.2) is 35.7 Å². The molecule has 132 valence electrons. The number of aliphatic hydroxyl groups excluding tert-OH is 1. The smallest absolute Gasteiger partial charge is 0.227 e. The van der Waals surface area contributed by atoms with E-state index in [4.69, 9.17) is 4.74 Å². The Morgan fingerprint density at radius 3 is 2.56 bits per heavy atom. The number of methoxy groups -OCH3 is 1. The van der Waals surface area contributed by atoms with Crippen LogP contribution >= 0.6 is 0 Å². The molecular formula is C19H19F2NO3. The molecule has 2 atom stereocenters. The van der Waals surface area contributed by atoms with Crippen LogP contribution in [0.1, 0.15) is 23.6 Å². The fraction of sp³-hybridized carbons (Fsp3) is 0.316. The van der Waals surface area contributed by atoms with Gasteiger partial charge in [0.1, 0.15) is 5.75 Å². The summed E-state index contributed by atoms with van der Waals surface area (Å²) in [4.78, 5) is 14.2. The van der Waals surface area contributed by atoms with Crippen molar-refractivity contribution in [3.8, 4) is 5.75 Å². The van der Waals surface area contributed by atoms with Gasteiger partial charge in [-0.1, -0.05) is 18.2 Å². The molecule has 0 unspecified atom stereocenters. The fourth-order valence-corrected chi connectivity index (χ4v) is 3.14. The van der Waals surface area contributed by atoms with Gasteiger partial charge in [-0.2, -0.15) is 0 Å². The molecule has 0 aliphatic carbocycles. The molecule has 1 saturated heterocycles. The number of nitrogens with zero attached hydrogens (tertiary/aromatic N) is 1. The highest BCUT2D eigenvalue weighted by Gasteiger charge is 2.35. The predicted molar refractivity (Wildman–Crippen MR) is 88.1 cm³/mol. The maximum Gasteiger partial charge on any atom is 0.227 e. The lowest BCUT2D eigenvalue weighted by molar-refractivity contribution is -0.131. The lowest BCUT2D eigenvalue weighted by Gasteiger charge is -2.25. The Bertz CT molecular complexity index is 764. The van der Waals surface area contributed by atoms with Gasteiger partial charge in [0.25, 0.3) is 0 Å². The van der Waals surface area contributed by atoms with Gasteiger partial charge < -0.3 is 14.7 Å². The zero-order valence-electron chi connectivity index (χ0n) is 13.8. The minimum atomic E-state index is -0.957. The molecule has 1 aliphatic rings. The number of carbonyl (C=O) groups excluding carboxylic acids is 1. The van der Waals surface area contributed by atoms with Crippen molar-refractivity contribution in [3.63, 3.8) is 0 Å². The molecule has 2 aromatic rings. The van der Waals surface area contributed by atoms with Gasteiger partial charge in [0.05, 0.1) is 25.7 Å². The molecule has 0 bridgehead atoms. The number of benzene rings is 2. The number of hydrogen-bond donors (Lipinski definition) is 1. The van der Waals surface area contributed by atoms with Crippen LogP contribution in [-0.2, 0) is 11.2 Å². The van der Waals surface area contributed by atoms with Gasteiger partial charge >= 0.3 is 0 Å². The first kappa shape index (κ1) is 17.4. The molecule has 1 amide bonds. The summed E-state index contributed by atoms with van der Waals surface area (Å²) in [7, 11) is 1.57. The standard InChI is InChI=1S/C19H19F2NO3/c1-25-15-5-2-12(3-6-15)8-19(24)22-11-14(23)10-18(22)13-4-7-16(20)17(21)9-13/h2-7,9,14,18,23H,8,10-11H2,1H3/t14-,18-/m0/s1. The third kappa shape index (κ3) is 3.79. The van der Waals surface area contributed by atoms with Crippen molar-refractivity contribution < 1.29 is 23.4 Å². The highest BCUT2D eigenvalue weighted by atomic mass is 19.2. The summed E-state index contributed by atoms with van der Waals surface area (Å²) < 4.78 is 31.8. The minimum Gasteiger partial charge on any atom is -0.497 e. The topological polar surface area (TPSA) is 49.8 Å². The average Bonchev–Trinajstić information content (AvgIpc) is 3.00. The van der Waals surface area contributed by atoms with E-state index in [0.717, 1.165) is 17.7 Å². The van der Waals surface area contributed by atoms with Crippen LogP contribution < -0.4 is 4.74 Å². The number of amides is 1. The zero-order chi connectivity index (χ0) is 18.0. The number of aliphatic hydroxyl groups is 1. The molecule has 1 heterocycles.